The number of rotatable bonds is 9. The van der Waals surface area contributed by atoms with Crippen molar-refractivity contribution in [2.75, 3.05) is 43.4 Å². The molecule has 0 radical (unpaired) electrons. The number of alkyl halides is 1. The van der Waals surface area contributed by atoms with Gasteiger partial charge in [0.2, 0.25) is 11.6 Å². The SMILES string of the molecule is [C-]#[N+]c1c(N)sc2c(F)ccc(-c3ncc4c(N(CC)C5CCN(C(=O)C=C)[C@@H]5CC)nc(OC[C@@]56CCCN5C[C@H](F)C6)nc4c3Cl)c12. The third-order valence-electron chi connectivity index (χ3n) is 10.4. The van der Waals surface area contributed by atoms with Gasteiger partial charge in [0.25, 0.3) is 0 Å². The highest BCUT2D eigenvalue weighted by Gasteiger charge is 2.49. The van der Waals surface area contributed by atoms with Crippen LogP contribution in [0.5, 0.6) is 6.01 Å². The summed E-state index contributed by atoms with van der Waals surface area (Å²) in [5.74, 6) is -0.0472. The van der Waals surface area contributed by atoms with Crippen LogP contribution in [0.15, 0.2) is 31.0 Å². The third kappa shape index (κ3) is 5.45. The number of benzene rings is 1. The molecule has 14 heteroatoms. The molecule has 10 nitrogen and oxygen atoms in total. The minimum absolute atomic E-state index is 0.0684. The van der Waals surface area contributed by atoms with Crippen molar-refractivity contribution in [3.05, 3.63) is 53.2 Å². The van der Waals surface area contributed by atoms with E-state index in [4.69, 9.17) is 43.6 Å². The van der Waals surface area contributed by atoms with Gasteiger partial charge < -0.3 is 20.3 Å². The van der Waals surface area contributed by atoms with Gasteiger partial charge in [0.1, 0.15) is 29.9 Å². The van der Waals surface area contributed by atoms with Crippen LogP contribution in [0.25, 0.3) is 37.1 Å². The van der Waals surface area contributed by atoms with Crippen molar-refractivity contribution in [1.82, 2.24) is 24.8 Å². The van der Waals surface area contributed by atoms with E-state index in [2.05, 4.69) is 28.1 Å². The third-order valence-corrected chi connectivity index (χ3v) is 11.8. The quantitative estimate of drug-likeness (QED) is 0.144. The first kappa shape index (κ1) is 33.4. The Kier molecular flexibility index (Phi) is 8.83. The first-order valence-electron chi connectivity index (χ1n) is 16.6. The maximum atomic E-state index is 14.9. The largest absolute Gasteiger partial charge is 0.461 e. The molecule has 256 valence electrons. The van der Waals surface area contributed by atoms with Gasteiger partial charge in [-0.3, -0.25) is 14.7 Å². The monoisotopic (exact) mass is 706 g/mol. The van der Waals surface area contributed by atoms with E-state index in [1.54, 1.807) is 12.3 Å². The lowest BCUT2D eigenvalue weighted by atomic mass is 9.95. The molecule has 0 aliphatic carbocycles. The number of likely N-dealkylation sites (N-methyl/N-ethyl adjacent to an activating group) is 1. The standard InChI is InChI=1S/C35H37ClF2N8O2S/c1-5-23-24(11-14-46(23)25(47)6-2)45(7-3)33-21-16-41-28(20-9-10-22(38)31-26(20)30(40-4)32(39)49-31)27(36)29(21)42-34(43-33)48-18-35-12-8-13-44(35)17-19(37)15-35/h6,9-10,16,19,23-24H,2,5,7-8,11-15,17-18,39H2,1,3H3/t19-,23-,24?,35+/m1/s1. The van der Waals surface area contributed by atoms with E-state index in [0.29, 0.717) is 59.4 Å². The van der Waals surface area contributed by atoms with Crippen LogP contribution in [0.2, 0.25) is 5.02 Å². The summed E-state index contributed by atoms with van der Waals surface area (Å²) in [4.78, 5) is 37.1. The molecule has 3 aromatic heterocycles. The molecule has 4 atom stereocenters. The predicted molar refractivity (Wildman–Crippen MR) is 190 cm³/mol. The molecular weight excluding hydrogens is 670 g/mol. The van der Waals surface area contributed by atoms with Crippen LogP contribution < -0.4 is 15.4 Å². The van der Waals surface area contributed by atoms with Crippen LogP contribution >= 0.6 is 22.9 Å². The fraction of sp³-hybridized carbons (Fsp3) is 0.457. The normalized spacial score (nSPS) is 23.7. The Morgan fingerprint density at radius 1 is 1.35 bits per heavy atom. The van der Waals surface area contributed by atoms with E-state index in [9.17, 15) is 13.6 Å². The molecule has 7 rings (SSSR count). The smallest absolute Gasteiger partial charge is 0.319 e. The summed E-state index contributed by atoms with van der Waals surface area (Å²) in [6, 6.07) is 2.81. The number of likely N-dealkylation sites (tertiary alicyclic amines) is 1. The van der Waals surface area contributed by atoms with Gasteiger partial charge in [0.05, 0.1) is 50.0 Å². The number of hydrogen-bond acceptors (Lipinski definition) is 9. The summed E-state index contributed by atoms with van der Waals surface area (Å²) in [5.41, 5.74) is 6.99. The Morgan fingerprint density at radius 2 is 2.16 bits per heavy atom. The van der Waals surface area contributed by atoms with Gasteiger partial charge >= 0.3 is 6.01 Å². The van der Waals surface area contributed by atoms with Crippen molar-refractivity contribution >= 4 is 66.3 Å². The van der Waals surface area contributed by atoms with Crippen LogP contribution in [-0.4, -0.2) is 87.2 Å². The molecule has 3 fully saturated rings. The summed E-state index contributed by atoms with van der Waals surface area (Å²) >= 11 is 8.20. The van der Waals surface area contributed by atoms with Crippen molar-refractivity contribution in [3.8, 4) is 17.3 Å². The molecule has 0 bridgehead atoms. The fourth-order valence-electron chi connectivity index (χ4n) is 8.25. The average Bonchev–Trinajstić information content (AvgIpc) is 3.85. The Bertz CT molecular complexity index is 2020. The molecule has 0 saturated carbocycles. The number of carbonyl (C=O) groups is 1. The predicted octanol–water partition coefficient (Wildman–Crippen LogP) is 7.18. The van der Waals surface area contributed by atoms with Crippen molar-refractivity contribution in [2.45, 2.75) is 69.7 Å². The number of ether oxygens (including phenoxy) is 1. The van der Waals surface area contributed by atoms with Gasteiger partial charge in [-0.1, -0.05) is 31.2 Å². The molecule has 3 aliphatic heterocycles. The lowest BCUT2D eigenvalue weighted by Gasteiger charge is -2.35. The molecular formula is C35H37ClF2N8O2S. The molecule has 1 aromatic carbocycles. The number of hydrogen-bond donors (Lipinski definition) is 1. The second-order valence-electron chi connectivity index (χ2n) is 13.0. The number of anilines is 2. The highest BCUT2D eigenvalue weighted by molar-refractivity contribution is 7.23. The second-order valence-corrected chi connectivity index (χ2v) is 14.4. The van der Waals surface area contributed by atoms with Gasteiger partial charge in [-0.2, -0.15) is 9.97 Å². The zero-order chi connectivity index (χ0) is 34.6. The molecule has 2 N–H and O–H groups in total. The number of fused-ring (bicyclic) bond motifs is 3. The second kappa shape index (κ2) is 13.0. The number of halogens is 3. The number of pyridine rings is 1. The van der Waals surface area contributed by atoms with E-state index in [1.165, 1.54) is 12.1 Å². The molecule has 1 unspecified atom stereocenters. The first-order chi connectivity index (χ1) is 23.6. The molecule has 6 heterocycles. The Hall–Kier alpha value is -4.12. The van der Waals surface area contributed by atoms with Crippen molar-refractivity contribution in [3.63, 3.8) is 0 Å². The van der Waals surface area contributed by atoms with Gasteiger partial charge in [-0.05, 0) is 51.3 Å². The van der Waals surface area contributed by atoms with E-state index in [-0.39, 0.29) is 51.0 Å². The lowest BCUT2D eigenvalue weighted by Crippen LogP contribution is -2.47. The number of amides is 1. The van der Waals surface area contributed by atoms with Gasteiger partial charge in [0, 0.05) is 43.2 Å². The highest BCUT2D eigenvalue weighted by atomic mass is 35.5. The Balaban J connectivity index is 1.38. The lowest BCUT2D eigenvalue weighted by molar-refractivity contribution is -0.126. The Morgan fingerprint density at radius 3 is 2.90 bits per heavy atom. The average molecular weight is 707 g/mol. The highest BCUT2D eigenvalue weighted by Crippen LogP contribution is 2.48. The van der Waals surface area contributed by atoms with Gasteiger partial charge in [-0.25, -0.2) is 13.6 Å². The summed E-state index contributed by atoms with van der Waals surface area (Å²) in [5, 5.41) is 1.31. The number of nitrogens with two attached hydrogens (primary N) is 1. The molecule has 1 amide bonds. The van der Waals surface area contributed by atoms with E-state index in [0.717, 1.165) is 43.6 Å². The molecule has 0 spiro atoms. The van der Waals surface area contributed by atoms with Gasteiger partial charge in [-0.15, -0.1) is 11.3 Å². The van der Waals surface area contributed by atoms with Crippen LogP contribution in [0.4, 0.5) is 25.3 Å². The fourth-order valence-corrected chi connectivity index (χ4v) is 9.48. The van der Waals surface area contributed by atoms with Crippen LogP contribution in [0, 0.1) is 12.4 Å². The van der Waals surface area contributed by atoms with Crippen LogP contribution in [-0.2, 0) is 4.79 Å². The van der Waals surface area contributed by atoms with Crippen LogP contribution in [0.1, 0.15) is 46.0 Å². The Labute approximate surface area is 292 Å². The number of nitrogens with zero attached hydrogens (tertiary/aromatic N) is 7. The molecule has 3 saturated heterocycles. The van der Waals surface area contributed by atoms with E-state index in [1.807, 2.05) is 11.8 Å². The van der Waals surface area contributed by atoms with Crippen molar-refractivity contribution in [1.29, 1.82) is 0 Å². The van der Waals surface area contributed by atoms with Gasteiger partial charge in [0.15, 0.2) is 0 Å². The van der Waals surface area contributed by atoms with Crippen molar-refractivity contribution in [2.24, 2.45) is 0 Å². The summed E-state index contributed by atoms with van der Waals surface area (Å²) < 4.78 is 36.2. The van der Waals surface area contributed by atoms with Crippen LogP contribution in [0.3, 0.4) is 0 Å². The van der Waals surface area contributed by atoms with E-state index >= 15 is 0 Å². The zero-order valence-electron chi connectivity index (χ0n) is 27.4. The number of carbonyl (C=O) groups excluding carboxylic acids is 1. The minimum Gasteiger partial charge on any atom is -0.461 e. The minimum atomic E-state index is -0.913. The number of nitrogen functional groups attached to an aromatic ring is 1. The summed E-state index contributed by atoms with van der Waals surface area (Å²) in [7, 11) is 0. The number of thiophene rings is 1. The summed E-state index contributed by atoms with van der Waals surface area (Å²) in [6.45, 7) is 18.1. The maximum absolute atomic E-state index is 14.9. The number of aromatic nitrogens is 3. The zero-order valence-corrected chi connectivity index (χ0v) is 29.0. The topological polar surface area (TPSA) is 105 Å². The first-order valence-corrected chi connectivity index (χ1v) is 17.8. The maximum Gasteiger partial charge on any atom is 0.319 e. The summed E-state index contributed by atoms with van der Waals surface area (Å²) in [6.07, 6.45) is 5.71. The molecule has 49 heavy (non-hydrogen) atoms. The van der Waals surface area contributed by atoms with Crippen molar-refractivity contribution < 1.29 is 18.3 Å². The molecule has 3 aliphatic rings. The van der Waals surface area contributed by atoms with E-state index < -0.39 is 17.5 Å². The molecule has 4 aromatic rings.